The molecule has 0 aliphatic carbocycles. The molecule has 3 aromatic rings. The van der Waals surface area contributed by atoms with Crippen LogP contribution in [0.15, 0.2) is 51.9 Å². The maximum Gasteiger partial charge on any atom is 0.229 e. The molecule has 4 heterocycles. The molecule has 3 aliphatic rings. The maximum atomic E-state index is 13.5. The number of phenolic OH excluding ortho intramolecular Hbond substituents is 1. The van der Waals surface area contributed by atoms with E-state index in [1.807, 2.05) is 0 Å². The molecule has 0 amide bonds. The Morgan fingerprint density at radius 1 is 0.654 bits per heavy atom. The lowest BCUT2D eigenvalue weighted by atomic mass is 9.97. The highest BCUT2D eigenvalue weighted by atomic mass is 16.8. The van der Waals surface area contributed by atoms with Crippen molar-refractivity contribution in [2.75, 3.05) is 13.2 Å². The summed E-state index contributed by atoms with van der Waals surface area (Å²) < 4.78 is 39.2. The molecule has 52 heavy (non-hydrogen) atoms. The standard InChI is InChI=1S/C33H40O19/c1-11-21(37)25(41)28(44)31(47-11)49-14-6-16(36)20-17(7-14)46-10-15(22(20)38)12-2-4-13(5-3-12)48-33-30(27(43)24(40)19(9-35)51-33)52-32-29(45)26(42)23(39)18(8-34)50-32/h2-7,10-11,18-19,21,23-37,39-45H,8-9H2,1H3/t11-,18-,19+,21-,23-,24+,25+,26+,27-,28+,29-,30+,31-,32+,33+/m0/s1. The second kappa shape index (κ2) is 15.5. The van der Waals surface area contributed by atoms with Crippen molar-refractivity contribution >= 4 is 11.0 Å². The minimum Gasteiger partial charge on any atom is -0.507 e. The second-order valence-corrected chi connectivity index (χ2v) is 12.7. The number of hydrogen-bond acceptors (Lipinski definition) is 19. The van der Waals surface area contributed by atoms with E-state index >= 15 is 0 Å². The lowest BCUT2D eigenvalue weighted by Crippen LogP contribution is -2.65. The van der Waals surface area contributed by atoms with Crippen LogP contribution >= 0.6 is 0 Å². The van der Waals surface area contributed by atoms with Gasteiger partial charge in [-0.25, -0.2) is 0 Å². The highest BCUT2D eigenvalue weighted by molar-refractivity contribution is 5.88. The SMILES string of the molecule is C[C@@H]1O[C@@H](Oc2cc(O)c3c(=O)c(-c4ccc(O[C@@H]5O[C@H](CO)[C@@H](O)[C@H](O)[C@H]5O[C@H]5O[C@@H](CO)[C@H](O)[C@@H](O)[C@@H]5O)cc4)coc3c2)[C@H](O)[C@H](O)[C@H]1O. The number of hydrogen-bond donors (Lipinski definition) is 11. The van der Waals surface area contributed by atoms with Crippen molar-refractivity contribution in [2.45, 2.75) is 99.0 Å². The Labute approximate surface area is 293 Å². The Kier molecular flexibility index (Phi) is 11.4. The number of rotatable bonds is 9. The van der Waals surface area contributed by atoms with E-state index in [4.69, 9.17) is 32.8 Å². The van der Waals surface area contributed by atoms with E-state index < -0.39 is 117 Å². The van der Waals surface area contributed by atoms with Crippen LogP contribution in [-0.4, -0.2) is 162 Å². The van der Waals surface area contributed by atoms with Crippen LogP contribution in [0, 0.1) is 0 Å². The summed E-state index contributed by atoms with van der Waals surface area (Å²) in [4.78, 5) is 13.5. The molecule has 3 aliphatic heterocycles. The Hall–Kier alpha value is -3.51. The number of aliphatic hydroxyl groups is 10. The third-order valence-electron chi connectivity index (χ3n) is 9.27. The van der Waals surface area contributed by atoms with Gasteiger partial charge in [-0.1, -0.05) is 12.1 Å². The largest absolute Gasteiger partial charge is 0.507 e. The molecule has 15 atom stereocenters. The number of ether oxygens (including phenoxy) is 6. The van der Waals surface area contributed by atoms with Crippen molar-refractivity contribution < 1.29 is 89.0 Å². The van der Waals surface area contributed by atoms with Crippen molar-refractivity contribution in [1.82, 2.24) is 0 Å². The first kappa shape index (κ1) is 38.2. The molecule has 3 saturated heterocycles. The van der Waals surface area contributed by atoms with Gasteiger partial charge in [0.2, 0.25) is 18.0 Å². The number of benzene rings is 2. The average Bonchev–Trinajstić information content (AvgIpc) is 3.13. The van der Waals surface area contributed by atoms with Crippen molar-refractivity contribution in [2.24, 2.45) is 0 Å². The van der Waals surface area contributed by atoms with E-state index in [9.17, 15) is 61.0 Å². The molecule has 286 valence electrons. The number of aromatic hydroxyl groups is 1. The van der Waals surface area contributed by atoms with Crippen molar-refractivity contribution in [3.05, 3.63) is 52.9 Å². The van der Waals surface area contributed by atoms with Gasteiger partial charge in [0, 0.05) is 12.1 Å². The fraction of sp³-hybridized carbons (Fsp3) is 0.545. The van der Waals surface area contributed by atoms with Crippen LogP contribution < -0.4 is 14.9 Å². The van der Waals surface area contributed by atoms with Crippen LogP contribution in [0.1, 0.15) is 6.92 Å². The zero-order valence-corrected chi connectivity index (χ0v) is 27.3. The summed E-state index contributed by atoms with van der Waals surface area (Å²) >= 11 is 0. The van der Waals surface area contributed by atoms with Crippen molar-refractivity contribution in [1.29, 1.82) is 0 Å². The van der Waals surface area contributed by atoms with Crippen LogP contribution in [0.4, 0.5) is 0 Å². The fourth-order valence-electron chi connectivity index (χ4n) is 6.20. The topological polar surface area (TPSA) is 308 Å². The molecule has 0 spiro atoms. The molecule has 1 aromatic heterocycles. The Balaban J connectivity index is 1.20. The van der Waals surface area contributed by atoms with Crippen LogP contribution in [-0.2, 0) is 18.9 Å². The average molecular weight is 741 g/mol. The van der Waals surface area contributed by atoms with Gasteiger partial charge in [0.25, 0.3) is 0 Å². The molecule has 11 N–H and O–H groups in total. The molecule has 0 bridgehead atoms. The summed E-state index contributed by atoms with van der Waals surface area (Å²) in [5.41, 5.74) is -0.379. The van der Waals surface area contributed by atoms with Gasteiger partial charge in [-0.05, 0) is 24.6 Å². The number of phenols is 1. The van der Waals surface area contributed by atoms with Crippen molar-refractivity contribution in [3.63, 3.8) is 0 Å². The summed E-state index contributed by atoms with van der Waals surface area (Å²) in [5, 5.41) is 112. The lowest BCUT2D eigenvalue weighted by molar-refractivity contribution is -0.357. The quantitative estimate of drug-likeness (QED) is 0.101. The van der Waals surface area contributed by atoms with E-state index in [1.165, 1.54) is 37.3 Å². The van der Waals surface area contributed by atoms with Crippen molar-refractivity contribution in [3.8, 4) is 28.4 Å². The molecule has 19 nitrogen and oxygen atoms in total. The first-order chi connectivity index (χ1) is 24.7. The summed E-state index contributed by atoms with van der Waals surface area (Å²) in [5.74, 6) is -0.520. The zero-order chi connectivity index (χ0) is 37.6. The molecule has 19 heteroatoms. The van der Waals surface area contributed by atoms with Gasteiger partial charge in [-0.3, -0.25) is 4.79 Å². The molecular weight excluding hydrogens is 700 g/mol. The third kappa shape index (κ3) is 7.21. The van der Waals surface area contributed by atoms with Gasteiger partial charge < -0.3 is 89.0 Å². The van der Waals surface area contributed by atoms with Gasteiger partial charge in [0.05, 0.1) is 24.9 Å². The molecule has 0 saturated carbocycles. The smallest absolute Gasteiger partial charge is 0.229 e. The van der Waals surface area contributed by atoms with Crippen LogP contribution in [0.25, 0.3) is 22.1 Å². The summed E-state index contributed by atoms with van der Waals surface area (Å²) in [7, 11) is 0. The van der Waals surface area contributed by atoms with E-state index in [0.717, 1.165) is 12.3 Å². The normalized spacial score (nSPS) is 38.2. The predicted octanol–water partition coefficient (Wildman–Crippen LogP) is -3.63. The molecule has 2 aromatic carbocycles. The molecule has 0 unspecified atom stereocenters. The second-order valence-electron chi connectivity index (χ2n) is 12.7. The van der Waals surface area contributed by atoms with Gasteiger partial charge >= 0.3 is 0 Å². The third-order valence-corrected chi connectivity index (χ3v) is 9.27. The molecule has 6 rings (SSSR count). The lowest BCUT2D eigenvalue weighted by Gasteiger charge is -2.45. The highest BCUT2D eigenvalue weighted by Crippen LogP contribution is 2.34. The van der Waals surface area contributed by atoms with Gasteiger partial charge in [-0.2, -0.15) is 0 Å². The predicted molar refractivity (Wildman–Crippen MR) is 170 cm³/mol. The van der Waals surface area contributed by atoms with Crippen LogP contribution in [0.5, 0.6) is 17.2 Å². The molecular formula is C33H40O19. The fourth-order valence-corrected chi connectivity index (χ4v) is 6.20. The number of aliphatic hydroxyl groups excluding tert-OH is 10. The monoisotopic (exact) mass is 740 g/mol. The Morgan fingerprint density at radius 2 is 1.23 bits per heavy atom. The van der Waals surface area contributed by atoms with Crippen LogP contribution in [0.2, 0.25) is 0 Å². The first-order valence-corrected chi connectivity index (χ1v) is 16.2. The summed E-state index contributed by atoms with van der Waals surface area (Å²) in [6, 6.07) is 8.07. The highest BCUT2D eigenvalue weighted by Gasteiger charge is 2.51. The maximum absolute atomic E-state index is 13.5. The minimum atomic E-state index is -1.85. The van der Waals surface area contributed by atoms with E-state index in [0.29, 0.717) is 5.56 Å². The molecule has 0 radical (unpaired) electrons. The van der Waals surface area contributed by atoms with Gasteiger partial charge in [0.15, 0.2) is 12.4 Å². The van der Waals surface area contributed by atoms with E-state index in [1.54, 1.807) is 0 Å². The van der Waals surface area contributed by atoms with Crippen LogP contribution in [0.3, 0.4) is 0 Å². The summed E-state index contributed by atoms with van der Waals surface area (Å²) in [6.07, 6.45) is -22.1. The van der Waals surface area contributed by atoms with Gasteiger partial charge in [-0.15, -0.1) is 0 Å². The van der Waals surface area contributed by atoms with E-state index in [2.05, 4.69) is 0 Å². The van der Waals surface area contributed by atoms with Gasteiger partial charge in [0.1, 0.15) is 95.5 Å². The minimum absolute atomic E-state index is 0.0247. The molecule has 3 fully saturated rings. The Bertz CT molecular complexity index is 1730. The summed E-state index contributed by atoms with van der Waals surface area (Å²) in [6.45, 7) is -0.0116. The number of fused-ring (bicyclic) bond motifs is 1. The Morgan fingerprint density at radius 3 is 1.88 bits per heavy atom. The first-order valence-electron chi connectivity index (χ1n) is 16.2. The zero-order valence-electron chi connectivity index (χ0n) is 27.3. The van der Waals surface area contributed by atoms with E-state index in [-0.39, 0.29) is 28.0 Å².